The largest absolute Gasteiger partial charge is 0.495 e. The van der Waals surface area contributed by atoms with Crippen molar-refractivity contribution in [3.63, 3.8) is 0 Å². The zero-order valence-corrected chi connectivity index (χ0v) is 15.3. The third-order valence-corrected chi connectivity index (χ3v) is 4.80. The predicted molar refractivity (Wildman–Crippen MR) is 90.7 cm³/mol. The maximum atomic E-state index is 12.8. The monoisotopic (exact) mass is 357 g/mol. The second-order valence-electron chi connectivity index (χ2n) is 6.22. The average molecular weight is 358 g/mol. The van der Waals surface area contributed by atoms with Crippen molar-refractivity contribution in [2.75, 3.05) is 11.8 Å². The van der Waals surface area contributed by atoms with Gasteiger partial charge in [-0.3, -0.25) is 9.40 Å². The number of nitrogens with zero attached hydrogens (tertiary/aromatic N) is 2. The third-order valence-electron chi connectivity index (χ3n) is 3.20. The zero-order chi connectivity index (χ0) is 17.4. The van der Waals surface area contributed by atoms with Crippen molar-refractivity contribution < 1.29 is 13.2 Å². The Morgan fingerprint density at radius 1 is 1.30 bits per heavy atom. The molecule has 0 unspecified atom stereocenters. The summed E-state index contributed by atoms with van der Waals surface area (Å²) in [7, 11) is -0.675. The van der Waals surface area contributed by atoms with Crippen LogP contribution in [0.2, 0.25) is 5.02 Å². The molecule has 0 amide bonds. The predicted octanol–water partition coefficient (Wildman–Crippen LogP) is 3.18. The van der Waals surface area contributed by atoms with Gasteiger partial charge in [-0.2, -0.15) is 5.10 Å². The van der Waals surface area contributed by atoms with Crippen molar-refractivity contribution in [3.8, 4) is 5.75 Å². The van der Waals surface area contributed by atoms with Gasteiger partial charge in [0.25, 0.3) is 10.0 Å². The molecule has 0 atom stereocenters. The number of anilines is 1. The summed E-state index contributed by atoms with van der Waals surface area (Å²) in [5, 5.41) is 4.70. The normalized spacial score (nSPS) is 12.3. The first-order chi connectivity index (χ1) is 10.5. The second-order valence-corrected chi connectivity index (χ2v) is 8.30. The lowest BCUT2D eigenvalue weighted by atomic mass is 9.92. The van der Waals surface area contributed by atoms with E-state index in [1.165, 1.54) is 24.1 Å². The molecule has 0 aliphatic carbocycles. The molecule has 0 radical (unpaired) electrons. The van der Waals surface area contributed by atoms with E-state index in [1.54, 1.807) is 19.2 Å². The van der Waals surface area contributed by atoms with Crippen LogP contribution in [0.3, 0.4) is 0 Å². The minimum absolute atomic E-state index is 0.134. The summed E-state index contributed by atoms with van der Waals surface area (Å²) in [6.07, 6.45) is 1.49. The number of aryl methyl sites for hydroxylation is 1. The molecule has 0 bridgehead atoms. The van der Waals surface area contributed by atoms with Crippen LogP contribution >= 0.6 is 11.6 Å². The van der Waals surface area contributed by atoms with Crippen LogP contribution in [0.4, 0.5) is 5.69 Å². The fourth-order valence-corrected chi connectivity index (χ4v) is 3.77. The Morgan fingerprint density at radius 3 is 2.52 bits per heavy atom. The number of methoxy groups -OCH3 is 1. The van der Waals surface area contributed by atoms with E-state index in [1.807, 2.05) is 20.8 Å². The molecule has 0 saturated carbocycles. The highest BCUT2D eigenvalue weighted by atomic mass is 35.5. The summed E-state index contributed by atoms with van der Waals surface area (Å²) < 4.78 is 34.8. The lowest BCUT2D eigenvalue weighted by Gasteiger charge is -2.18. The van der Waals surface area contributed by atoms with Crippen molar-refractivity contribution in [3.05, 3.63) is 35.1 Å². The van der Waals surface area contributed by atoms with Crippen molar-refractivity contribution in [2.24, 2.45) is 7.05 Å². The van der Waals surface area contributed by atoms with Crippen LogP contribution in [-0.4, -0.2) is 25.3 Å². The molecule has 2 aromatic rings. The molecule has 23 heavy (non-hydrogen) atoms. The number of rotatable bonds is 4. The number of halogens is 1. The number of benzene rings is 1. The summed E-state index contributed by atoms with van der Waals surface area (Å²) in [6, 6.07) is 4.74. The van der Waals surface area contributed by atoms with Crippen LogP contribution in [0.1, 0.15) is 26.5 Å². The first kappa shape index (κ1) is 17.6. The van der Waals surface area contributed by atoms with Crippen LogP contribution in [0.5, 0.6) is 5.75 Å². The van der Waals surface area contributed by atoms with Crippen LogP contribution in [-0.2, 0) is 22.5 Å². The van der Waals surface area contributed by atoms with Gasteiger partial charge < -0.3 is 4.74 Å². The Hall–Kier alpha value is -1.73. The van der Waals surface area contributed by atoms with Crippen molar-refractivity contribution >= 4 is 27.3 Å². The molecular formula is C15H20ClN3O3S. The lowest BCUT2D eigenvalue weighted by Crippen LogP contribution is -2.20. The number of aromatic nitrogens is 2. The average Bonchev–Trinajstić information content (AvgIpc) is 2.82. The molecular weight excluding hydrogens is 338 g/mol. The number of ether oxygens (including phenoxy) is 1. The first-order valence-corrected chi connectivity index (χ1v) is 8.81. The van der Waals surface area contributed by atoms with Gasteiger partial charge in [-0.15, -0.1) is 0 Å². The highest BCUT2D eigenvalue weighted by molar-refractivity contribution is 7.92. The minimum atomic E-state index is -3.83. The summed E-state index contributed by atoms with van der Waals surface area (Å²) >= 11 is 5.95. The van der Waals surface area contributed by atoms with E-state index < -0.39 is 15.4 Å². The summed E-state index contributed by atoms with van der Waals surface area (Å²) in [6.45, 7) is 5.73. The van der Waals surface area contributed by atoms with Crippen LogP contribution in [0.15, 0.2) is 29.3 Å². The molecule has 1 N–H and O–H groups in total. The highest BCUT2D eigenvalue weighted by Gasteiger charge is 2.30. The number of hydrogen-bond donors (Lipinski definition) is 1. The third kappa shape index (κ3) is 3.79. The SMILES string of the molecule is COc1ccc(Cl)cc1NS(=O)(=O)c1cn(C)nc1C(C)(C)C. The summed E-state index contributed by atoms with van der Waals surface area (Å²) in [5.41, 5.74) is 0.362. The van der Waals surface area contributed by atoms with Crippen LogP contribution in [0.25, 0.3) is 0 Å². The van der Waals surface area contributed by atoms with Gasteiger partial charge in [-0.1, -0.05) is 32.4 Å². The molecule has 0 saturated heterocycles. The van der Waals surface area contributed by atoms with Gasteiger partial charge in [0.15, 0.2) is 0 Å². The Kier molecular flexibility index (Phi) is 4.64. The first-order valence-electron chi connectivity index (χ1n) is 6.95. The number of nitrogens with one attached hydrogen (secondary N) is 1. The van der Waals surface area contributed by atoms with E-state index in [4.69, 9.17) is 16.3 Å². The van der Waals surface area contributed by atoms with E-state index in [0.717, 1.165) is 0 Å². The molecule has 6 nitrogen and oxygen atoms in total. The zero-order valence-electron chi connectivity index (χ0n) is 13.7. The van der Waals surface area contributed by atoms with E-state index in [-0.39, 0.29) is 10.6 Å². The van der Waals surface area contributed by atoms with Gasteiger partial charge in [0, 0.05) is 23.7 Å². The highest BCUT2D eigenvalue weighted by Crippen LogP contribution is 2.32. The Morgan fingerprint density at radius 2 is 1.96 bits per heavy atom. The molecule has 1 aromatic carbocycles. The van der Waals surface area contributed by atoms with E-state index >= 15 is 0 Å². The Labute approximate surface area is 141 Å². The molecule has 0 spiro atoms. The topological polar surface area (TPSA) is 73.2 Å². The van der Waals surface area contributed by atoms with Gasteiger partial charge in [0.05, 0.1) is 18.5 Å². The lowest BCUT2D eigenvalue weighted by molar-refractivity contribution is 0.417. The maximum Gasteiger partial charge on any atom is 0.265 e. The van der Waals surface area contributed by atoms with Gasteiger partial charge in [0.1, 0.15) is 10.6 Å². The standard InChI is InChI=1S/C15H20ClN3O3S/c1-15(2,3)14-13(9-19(4)17-14)23(20,21)18-11-8-10(16)6-7-12(11)22-5/h6-9,18H,1-5H3. The Bertz CT molecular complexity index is 823. The van der Waals surface area contributed by atoms with E-state index in [2.05, 4.69) is 9.82 Å². The molecule has 0 aliphatic heterocycles. The van der Waals surface area contributed by atoms with E-state index in [0.29, 0.717) is 16.5 Å². The molecule has 1 heterocycles. The molecule has 8 heteroatoms. The summed E-state index contributed by atoms with van der Waals surface area (Å²) in [4.78, 5) is 0.134. The molecule has 2 rings (SSSR count). The maximum absolute atomic E-state index is 12.8. The van der Waals surface area contributed by atoms with Crippen molar-refractivity contribution in [1.29, 1.82) is 0 Å². The van der Waals surface area contributed by atoms with Gasteiger partial charge in [0.2, 0.25) is 0 Å². The molecule has 1 aromatic heterocycles. The van der Waals surface area contributed by atoms with Crippen molar-refractivity contribution in [2.45, 2.75) is 31.1 Å². The minimum Gasteiger partial charge on any atom is -0.495 e. The smallest absolute Gasteiger partial charge is 0.265 e. The fourth-order valence-electron chi connectivity index (χ4n) is 2.14. The van der Waals surface area contributed by atoms with Gasteiger partial charge >= 0.3 is 0 Å². The molecule has 126 valence electrons. The van der Waals surface area contributed by atoms with Crippen LogP contribution < -0.4 is 9.46 Å². The van der Waals surface area contributed by atoms with Gasteiger partial charge in [-0.25, -0.2) is 8.42 Å². The molecule has 0 fully saturated rings. The Balaban J connectivity index is 2.51. The fraction of sp³-hybridized carbons (Fsp3) is 0.400. The number of hydrogen-bond acceptors (Lipinski definition) is 4. The van der Waals surface area contributed by atoms with Gasteiger partial charge in [-0.05, 0) is 18.2 Å². The van der Waals surface area contributed by atoms with Crippen molar-refractivity contribution in [1.82, 2.24) is 9.78 Å². The quantitative estimate of drug-likeness (QED) is 0.912. The van der Waals surface area contributed by atoms with E-state index in [9.17, 15) is 8.42 Å². The molecule has 0 aliphatic rings. The summed E-state index contributed by atoms with van der Waals surface area (Å²) in [5.74, 6) is 0.388. The number of sulfonamides is 1. The second kappa shape index (κ2) is 6.05. The van der Waals surface area contributed by atoms with Crippen LogP contribution in [0, 0.1) is 0 Å².